The molecule has 27 heavy (non-hydrogen) atoms. The number of benzene rings is 2. The van der Waals surface area contributed by atoms with Crippen molar-refractivity contribution in [3.63, 3.8) is 0 Å². The van der Waals surface area contributed by atoms with E-state index >= 15 is 0 Å². The molecule has 0 unspecified atom stereocenters. The fraction of sp³-hybridized carbons (Fsp3) is 0.118. The Hall–Kier alpha value is -2.46. The van der Waals surface area contributed by atoms with Crippen molar-refractivity contribution in [2.45, 2.75) is 22.0 Å². The monoisotopic (exact) mass is 411 g/mol. The molecule has 1 aliphatic rings. The Morgan fingerprint density at radius 2 is 1.89 bits per heavy atom. The maximum atomic E-state index is 13.5. The van der Waals surface area contributed by atoms with E-state index in [1.54, 1.807) is 18.2 Å². The van der Waals surface area contributed by atoms with Crippen LogP contribution in [0.25, 0.3) is 11.3 Å². The van der Waals surface area contributed by atoms with Crippen LogP contribution >= 0.6 is 11.8 Å². The van der Waals surface area contributed by atoms with Crippen molar-refractivity contribution in [2.75, 3.05) is 4.83 Å². The van der Waals surface area contributed by atoms with Gasteiger partial charge in [-0.3, -0.25) is 0 Å². The van der Waals surface area contributed by atoms with Gasteiger partial charge in [0, 0.05) is 11.3 Å². The topological polar surface area (TPSA) is 64.0 Å². The Kier molecular flexibility index (Phi) is 4.39. The predicted octanol–water partition coefficient (Wildman–Crippen LogP) is 4.16. The summed E-state index contributed by atoms with van der Waals surface area (Å²) in [6.45, 7) is 0. The Morgan fingerprint density at radius 3 is 2.59 bits per heavy atom. The first-order valence-electron chi connectivity index (χ1n) is 7.77. The second-order valence-electron chi connectivity index (χ2n) is 5.77. The number of fused-ring (bicyclic) bond motifs is 3. The van der Waals surface area contributed by atoms with Gasteiger partial charge in [-0.15, -0.1) is 16.9 Å². The lowest BCUT2D eigenvalue weighted by molar-refractivity contribution is 0.142. The van der Waals surface area contributed by atoms with Gasteiger partial charge in [-0.1, -0.05) is 18.2 Å². The number of rotatable bonds is 4. The molecule has 4 rings (SSSR count). The van der Waals surface area contributed by atoms with Gasteiger partial charge in [-0.2, -0.15) is 18.0 Å². The lowest BCUT2D eigenvalue weighted by Crippen LogP contribution is -2.25. The van der Waals surface area contributed by atoms with Crippen LogP contribution in [0.15, 0.2) is 58.3 Å². The first-order chi connectivity index (χ1) is 12.9. The standard InChI is InChI=1S/C17H12F3N3O2S2/c18-11-6-7-13-10(8-11)9-26-16-14(17(19)20)21-23(15(13)16)22-27(24,25)12-4-2-1-3-5-12/h1-8,17,22H,9H2. The number of sulfonamides is 1. The summed E-state index contributed by atoms with van der Waals surface area (Å²) in [6, 6.07) is 11.4. The molecular formula is C17H12F3N3O2S2. The van der Waals surface area contributed by atoms with Crippen molar-refractivity contribution in [3.05, 3.63) is 65.6 Å². The van der Waals surface area contributed by atoms with Crippen LogP contribution in [0.1, 0.15) is 17.7 Å². The number of nitrogens with one attached hydrogen (secondary N) is 1. The van der Waals surface area contributed by atoms with Crippen molar-refractivity contribution in [1.29, 1.82) is 0 Å². The van der Waals surface area contributed by atoms with E-state index in [0.717, 1.165) is 16.6 Å². The SMILES string of the molecule is O=S(=O)(Nn1nc(C(F)F)c2c1-c1ccc(F)cc1CS2)c1ccccc1. The first kappa shape index (κ1) is 17.9. The molecule has 5 nitrogen and oxygen atoms in total. The van der Waals surface area contributed by atoms with Crippen LogP contribution in [0.2, 0.25) is 0 Å². The highest BCUT2D eigenvalue weighted by molar-refractivity contribution is 7.98. The van der Waals surface area contributed by atoms with Crippen molar-refractivity contribution < 1.29 is 21.6 Å². The molecule has 0 fully saturated rings. The van der Waals surface area contributed by atoms with Crippen LogP contribution in [-0.2, 0) is 15.8 Å². The third-order valence-electron chi connectivity index (χ3n) is 4.03. The Balaban J connectivity index is 1.87. The van der Waals surface area contributed by atoms with Gasteiger partial charge < -0.3 is 0 Å². The van der Waals surface area contributed by atoms with Crippen LogP contribution in [0.3, 0.4) is 0 Å². The highest BCUT2D eigenvalue weighted by atomic mass is 32.2. The second-order valence-corrected chi connectivity index (χ2v) is 8.42. The van der Waals surface area contributed by atoms with Crippen LogP contribution in [-0.4, -0.2) is 18.3 Å². The number of nitrogens with zero attached hydrogens (tertiary/aromatic N) is 2. The van der Waals surface area contributed by atoms with E-state index in [1.165, 1.54) is 30.3 Å². The second kappa shape index (κ2) is 6.61. The van der Waals surface area contributed by atoms with Gasteiger partial charge in [0.2, 0.25) is 0 Å². The molecule has 3 aromatic rings. The Morgan fingerprint density at radius 1 is 1.15 bits per heavy atom. The molecule has 0 saturated heterocycles. The maximum Gasteiger partial charge on any atom is 0.283 e. The quantitative estimate of drug-likeness (QED) is 0.700. The van der Waals surface area contributed by atoms with Crippen molar-refractivity contribution in [2.24, 2.45) is 0 Å². The molecule has 0 bridgehead atoms. The van der Waals surface area contributed by atoms with E-state index in [0.29, 0.717) is 11.1 Å². The number of hydrogen-bond donors (Lipinski definition) is 1. The highest BCUT2D eigenvalue weighted by Gasteiger charge is 2.31. The summed E-state index contributed by atoms with van der Waals surface area (Å²) in [6.07, 6.45) is -2.88. The molecule has 1 N–H and O–H groups in total. The predicted molar refractivity (Wildman–Crippen MR) is 95.1 cm³/mol. The molecule has 140 valence electrons. The van der Waals surface area contributed by atoms with Crippen LogP contribution in [0.5, 0.6) is 0 Å². The van der Waals surface area contributed by atoms with Crippen molar-refractivity contribution in [1.82, 2.24) is 9.89 Å². The molecular weight excluding hydrogens is 399 g/mol. The summed E-state index contributed by atoms with van der Waals surface area (Å²) in [5.41, 5.74) is 0.700. The lowest BCUT2D eigenvalue weighted by atomic mass is 10.0. The summed E-state index contributed by atoms with van der Waals surface area (Å²) >= 11 is 1.07. The lowest BCUT2D eigenvalue weighted by Gasteiger charge is -2.18. The number of thioether (sulfide) groups is 1. The fourth-order valence-electron chi connectivity index (χ4n) is 2.84. The number of halogens is 3. The number of alkyl halides is 2. The summed E-state index contributed by atoms with van der Waals surface area (Å²) < 4.78 is 65.6. The highest BCUT2D eigenvalue weighted by Crippen LogP contribution is 2.45. The Labute approximate surface area is 157 Å². The molecule has 0 spiro atoms. The normalized spacial score (nSPS) is 13.3. The van der Waals surface area contributed by atoms with Gasteiger partial charge in [0.1, 0.15) is 17.2 Å². The number of aromatic nitrogens is 2. The molecule has 2 heterocycles. The molecule has 0 saturated carbocycles. The van der Waals surface area contributed by atoms with Gasteiger partial charge in [0.15, 0.2) is 0 Å². The molecule has 2 aromatic carbocycles. The van der Waals surface area contributed by atoms with E-state index in [2.05, 4.69) is 9.93 Å². The van der Waals surface area contributed by atoms with Gasteiger partial charge in [-0.05, 0) is 35.9 Å². The molecule has 0 radical (unpaired) electrons. The van der Waals surface area contributed by atoms with E-state index in [4.69, 9.17) is 0 Å². The van der Waals surface area contributed by atoms with Crippen LogP contribution in [0, 0.1) is 5.82 Å². The van der Waals surface area contributed by atoms with Gasteiger partial charge in [0.25, 0.3) is 16.4 Å². The summed E-state index contributed by atoms with van der Waals surface area (Å²) in [5, 5.41) is 3.79. The largest absolute Gasteiger partial charge is 0.283 e. The third kappa shape index (κ3) is 3.19. The average molecular weight is 411 g/mol. The molecule has 0 amide bonds. The average Bonchev–Trinajstić information content (AvgIpc) is 3.00. The van der Waals surface area contributed by atoms with E-state index < -0.39 is 28.0 Å². The maximum absolute atomic E-state index is 13.5. The summed E-state index contributed by atoms with van der Waals surface area (Å²) in [4.78, 5) is 3.21. The Bertz CT molecular complexity index is 1120. The molecule has 0 atom stereocenters. The molecule has 0 aliphatic carbocycles. The zero-order valence-corrected chi connectivity index (χ0v) is 15.2. The van der Waals surface area contributed by atoms with E-state index in [9.17, 15) is 21.6 Å². The first-order valence-corrected chi connectivity index (χ1v) is 10.2. The van der Waals surface area contributed by atoms with E-state index in [-0.39, 0.29) is 21.2 Å². The van der Waals surface area contributed by atoms with Gasteiger partial charge in [0.05, 0.1) is 9.79 Å². The minimum atomic E-state index is -4.05. The molecule has 1 aromatic heterocycles. The number of hydrogen-bond acceptors (Lipinski definition) is 4. The third-order valence-corrected chi connectivity index (χ3v) is 6.48. The minimum absolute atomic E-state index is 0.0318. The van der Waals surface area contributed by atoms with Crippen LogP contribution in [0.4, 0.5) is 13.2 Å². The summed E-state index contributed by atoms with van der Waals surface area (Å²) in [5.74, 6) is -0.167. The zero-order valence-electron chi connectivity index (χ0n) is 13.6. The van der Waals surface area contributed by atoms with Gasteiger partial charge >= 0.3 is 0 Å². The zero-order chi connectivity index (χ0) is 19.2. The summed E-state index contributed by atoms with van der Waals surface area (Å²) in [7, 11) is -4.05. The fourth-order valence-corrected chi connectivity index (χ4v) is 4.97. The molecule has 1 aliphatic heterocycles. The van der Waals surface area contributed by atoms with E-state index in [1.807, 2.05) is 0 Å². The van der Waals surface area contributed by atoms with Gasteiger partial charge in [-0.25, -0.2) is 13.2 Å². The van der Waals surface area contributed by atoms with Crippen molar-refractivity contribution >= 4 is 21.8 Å². The molecule has 10 heteroatoms. The smallest absolute Gasteiger partial charge is 0.207 e. The van der Waals surface area contributed by atoms with Crippen LogP contribution < -0.4 is 4.83 Å². The minimum Gasteiger partial charge on any atom is -0.207 e. The van der Waals surface area contributed by atoms with Crippen molar-refractivity contribution in [3.8, 4) is 11.3 Å².